The van der Waals surface area contributed by atoms with Crippen LogP contribution < -0.4 is 15.0 Å². The number of halogens is 6. The molecule has 1 aliphatic rings. The number of carbonyl (C=O) groups excluding carboxylic acids is 2. The lowest BCUT2D eigenvalue weighted by Gasteiger charge is -2.16. The van der Waals surface area contributed by atoms with E-state index in [9.17, 15) is 35.9 Å². The van der Waals surface area contributed by atoms with E-state index < -0.39 is 41.9 Å². The molecule has 0 spiro atoms. The van der Waals surface area contributed by atoms with Crippen LogP contribution in [-0.4, -0.2) is 22.7 Å². The molecular weight excluding hydrogens is 566 g/mol. The Kier molecular flexibility index (Phi) is 8.02. The SMILES string of the molecule is O=C(COc1ccc(/C=C2\SC(=S)N(c3cccc(C(F)(F)F)c3)C2=O)cc1)Nc1cccc(C(F)(F)F)c1. The Morgan fingerprint density at radius 1 is 0.923 bits per heavy atom. The molecule has 0 unspecified atom stereocenters. The maximum absolute atomic E-state index is 13.1. The lowest BCUT2D eigenvalue weighted by Crippen LogP contribution is -2.27. The van der Waals surface area contributed by atoms with E-state index in [4.69, 9.17) is 17.0 Å². The standard InChI is InChI=1S/C26H16F6N2O3S2/c27-25(28,29)16-3-1-5-18(12-16)33-22(35)14-37-20-9-7-15(8-10-20)11-21-23(36)34(24(38)39-21)19-6-2-4-17(13-19)26(30,31)32/h1-13H,14H2,(H,33,35)/b21-11-. The fraction of sp³-hybridized carbons (Fsp3) is 0.115. The summed E-state index contributed by atoms with van der Waals surface area (Å²) in [7, 11) is 0. The van der Waals surface area contributed by atoms with Crippen molar-refractivity contribution in [2.45, 2.75) is 12.4 Å². The monoisotopic (exact) mass is 582 g/mol. The topological polar surface area (TPSA) is 58.6 Å². The van der Waals surface area contributed by atoms with Crippen molar-refractivity contribution >= 4 is 57.6 Å². The summed E-state index contributed by atoms with van der Waals surface area (Å²) >= 11 is 6.15. The first-order chi connectivity index (χ1) is 18.3. The van der Waals surface area contributed by atoms with E-state index in [1.807, 2.05) is 0 Å². The van der Waals surface area contributed by atoms with Crippen LogP contribution in [0.5, 0.6) is 5.75 Å². The number of hydrogen-bond acceptors (Lipinski definition) is 5. The first-order valence-corrected chi connectivity index (χ1v) is 12.2. The van der Waals surface area contributed by atoms with E-state index in [0.717, 1.165) is 40.9 Å². The van der Waals surface area contributed by atoms with Crippen molar-refractivity contribution in [1.82, 2.24) is 0 Å². The molecule has 1 saturated heterocycles. The van der Waals surface area contributed by atoms with Crippen LogP contribution in [0.25, 0.3) is 6.08 Å². The van der Waals surface area contributed by atoms with E-state index in [-0.39, 0.29) is 26.3 Å². The Labute approximate surface area is 227 Å². The van der Waals surface area contributed by atoms with Gasteiger partial charge in [-0.25, -0.2) is 0 Å². The highest BCUT2D eigenvalue weighted by Gasteiger charge is 2.36. The maximum atomic E-state index is 13.1. The minimum atomic E-state index is -4.57. The Morgan fingerprint density at radius 3 is 2.18 bits per heavy atom. The number of nitrogens with zero attached hydrogens (tertiary/aromatic N) is 1. The Bertz CT molecular complexity index is 1450. The van der Waals surface area contributed by atoms with Crippen molar-refractivity contribution in [3.05, 3.63) is 94.4 Å². The highest BCUT2D eigenvalue weighted by Crippen LogP contribution is 2.38. The number of hydrogen-bond donors (Lipinski definition) is 1. The predicted octanol–water partition coefficient (Wildman–Crippen LogP) is 7.15. The summed E-state index contributed by atoms with van der Waals surface area (Å²) in [5.41, 5.74) is -1.28. The zero-order chi connectivity index (χ0) is 28.4. The van der Waals surface area contributed by atoms with Crippen LogP contribution in [0.1, 0.15) is 16.7 Å². The number of nitrogens with one attached hydrogen (secondary N) is 1. The second kappa shape index (κ2) is 11.1. The maximum Gasteiger partial charge on any atom is 0.416 e. The Balaban J connectivity index is 1.38. The quantitative estimate of drug-likeness (QED) is 0.190. The van der Waals surface area contributed by atoms with Gasteiger partial charge in [0.15, 0.2) is 10.9 Å². The number of carbonyl (C=O) groups is 2. The summed E-state index contributed by atoms with van der Waals surface area (Å²) in [6, 6.07) is 14.7. The molecule has 1 heterocycles. The summed E-state index contributed by atoms with van der Waals surface area (Å²) in [6.07, 6.45) is -7.61. The van der Waals surface area contributed by atoms with Crippen LogP contribution in [0.2, 0.25) is 0 Å². The Hall–Kier alpha value is -3.84. The molecule has 13 heteroatoms. The molecule has 0 bridgehead atoms. The fourth-order valence-electron chi connectivity index (χ4n) is 3.44. The van der Waals surface area contributed by atoms with Gasteiger partial charge in [0.1, 0.15) is 5.75 Å². The van der Waals surface area contributed by atoms with Gasteiger partial charge in [-0.3, -0.25) is 14.5 Å². The van der Waals surface area contributed by atoms with Gasteiger partial charge >= 0.3 is 12.4 Å². The minimum absolute atomic E-state index is 0.00267. The molecule has 4 rings (SSSR count). The molecule has 0 saturated carbocycles. The molecule has 2 amide bonds. The van der Waals surface area contributed by atoms with E-state index in [2.05, 4.69) is 5.32 Å². The van der Waals surface area contributed by atoms with Gasteiger partial charge in [0.2, 0.25) is 0 Å². The van der Waals surface area contributed by atoms with Crippen LogP contribution in [0.3, 0.4) is 0 Å². The lowest BCUT2D eigenvalue weighted by molar-refractivity contribution is -0.138. The van der Waals surface area contributed by atoms with Crippen LogP contribution in [-0.2, 0) is 21.9 Å². The third-order valence-corrected chi connectivity index (χ3v) is 6.55. The summed E-state index contributed by atoms with van der Waals surface area (Å²) in [6.45, 7) is -0.467. The van der Waals surface area contributed by atoms with Crippen molar-refractivity contribution in [3.63, 3.8) is 0 Å². The number of benzene rings is 3. The number of thioether (sulfide) groups is 1. The first-order valence-electron chi connectivity index (χ1n) is 11.0. The molecule has 1 N–H and O–H groups in total. The third kappa shape index (κ3) is 6.98. The number of thiocarbonyl (C=S) groups is 1. The molecule has 1 aliphatic heterocycles. The molecule has 0 atom stereocenters. The molecule has 0 radical (unpaired) electrons. The van der Waals surface area contributed by atoms with Crippen LogP contribution >= 0.6 is 24.0 Å². The lowest BCUT2D eigenvalue weighted by atomic mass is 10.1. The van der Waals surface area contributed by atoms with Gasteiger partial charge in [-0.05, 0) is 60.2 Å². The normalized spacial score (nSPS) is 15.1. The number of anilines is 2. The Morgan fingerprint density at radius 2 is 1.54 bits per heavy atom. The van der Waals surface area contributed by atoms with E-state index in [1.165, 1.54) is 42.5 Å². The number of rotatable bonds is 6. The number of amides is 2. The van der Waals surface area contributed by atoms with E-state index >= 15 is 0 Å². The summed E-state index contributed by atoms with van der Waals surface area (Å²) < 4.78 is 83.1. The molecule has 39 heavy (non-hydrogen) atoms. The molecule has 3 aromatic carbocycles. The minimum Gasteiger partial charge on any atom is -0.484 e. The average Bonchev–Trinajstić information content (AvgIpc) is 3.15. The van der Waals surface area contributed by atoms with Crippen molar-refractivity contribution in [2.24, 2.45) is 0 Å². The summed E-state index contributed by atoms with van der Waals surface area (Å²) in [5.74, 6) is -0.963. The zero-order valence-electron chi connectivity index (χ0n) is 19.5. The second-order valence-electron chi connectivity index (χ2n) is 8.05. The highest BCUT2D eigenvalue weighted by atomic mass is 32.2. The van der Waals surface area contributed by atoms with E-state index in [0.29, 0.717) is 5.56 Å². The van der Waals surface area contributed by atoms with Crippen LogP contribution in [0.4, 0.5) is 37.7 Å². The molecule has 1 fully saturated rings. The zero-order valence-corrected chi connectivity index (χ0v) is 21.1. The molecule has 202 valence electrons. The third-order valence-electron chi connectivity index (χ3n) is 5.25. The van der Waals surface area contributed by atoms with Gasteiger partial charge in [-0.1, -0.05) is 48.2 Å². The van der Waals surface area contributed by atoms with Crippen molar-refractivity contribution < 1.29 is 40.7 Å². The van der Waals surface area contributed by atoms with Gasteiger partial charge in [0.05, 0.1) is 21.7 Å². The fourth-order valence-corrected chi connectivity index (χ4v) is 4.74. The van der Waals surface area contributed by atoms with Gasteiger partial charge in [0, 0.05) is 5.69 Å². The molecule has 0 aliphatic carbocycles. The second-order valence-corrected chi connectivity index (χ2v) is 9.73. The predicted molar refractivity (Wildman–Crippen MR) is 139 cm³/mol. The van der Waals surface area contributed by atoms with Crippen molar-refractivity contribution in [3.8, 4) is 5.75 Å². The first kappa shape index (κ1) is 28.2. The summed E-state index contributed by atoms with van der Waals surface area (Å²) in [4.78, 5) is 26.2. The molecule has 5 nitrogen and oxygen atoms in total. The highest BCUT2D eigenvalue weighted by molar-refractivity contribution is 8.27. The van der Waals surface area contributed by atoms with Crippen molar-refractivity contribution in [2.75, 3.05) is 16.8 Å². The smallest absolute Gasteiger partial charge is 0.416 e. The molecular formula is C26H16F6N2O3S2. The molecule has 3 aromatic rings. The van der Waals surface area contributed by atoms with Gasteiger partial charge in [0.25, 0.3) is 11.8 Å². The van der Waals surface area contributed by atoms with Crippen LogP contribution in [0.15, 0.2) is 77.7 Å². The number of ether oxygens (including phenoxy) is 1. The van der Waals surface area contributed by atoms with Gasteiger partial charge in [-0.2, -0.15) is 26.3 Å². The van der Waals surface area contributed by atoms with Gasteiger partial charge < -0.3 is 10.1 Å². The van der Waals surface area contributed by atoms with Crippen molar-refractivity contribution in [1.29, 1.82) is 0 Å². The van der Waals surface area contributed by atoms with E-state index in [1.54, 1.807) is 12.1 Å². The largest absolute Gasteiger partial charge is 0.484 e. The van der Waals surface area contributed by atoms with Gasteiger partial charge in [-0.15, -0.1) is 0 Å². The summed E-state index contributed by atoms with van der Waals surface area (Å²) in [5, 5.41) is 2.33. The average molecular weight is 583 g/mol. The van der Waals surface area contributed by atoms with Crippen LogP contribution in [0, 0.1) is 0 Å². The number of alkyl halides is 6. The molecule has 0 aromatic heterocycles.